The lowest BCUT2D eigenvalue weighted by atomic mass is 10.3. The van der Waals surface area contributed by atoms with E-state index in [2.05, 4.69) is 4.18 Å². The van der Waals surface area contributed by atoms with Crippen molar-refractivity contribution in [2.75, 3.05) is 7.11 Å². The van der Waals surface area contributed by atoms with Crippen molar-refractivity contribution < 1.29 is 17.5 Å². The maximum absolute atomic E-state index is 11.1. The van der Waals surface area contributed by atoms with Crippen molar-refractivity contribution in [3.8, 4) is 0 Å². The molecule has 0 radical (unpaired) electrons. The van der Waals surface area contributed by atoms with Gasteiger partial charge in [-0.05, 0) is 12.1 Å². The highest BCUT2D eigenvalue weighted by Crippen LogP contribution is 2.16. The maximum Gasteiger partial charge on any atom is 0.296 e. The average Bonchev–Trinajstić information content (AvgIpc) is 2.18. The monoisotopic (exact) mass is 219 g/mol. The summed E-state index contributed by atoms with van der Waals surface area (Å²) in [6, 6.07) is 4.45. The first-order valence-corrected chi connectivity index (χ1v) is 4.93. The molecule has 76 valence electrons. The van der Waals surface area contributed by atoms with E-state index in [9.17, 15) is 18.5 Å². The average molecular weight is 219 g/mol. The molecule has 1 aromatic rings. The number of benzene rings is 1. The summed E-state index contributed by atoms with van der Waals surface area (Å²) in [5, 5.41) is 10.3. The highest BCUT2D eigenvalue weighted by atomic mass is 32.2. The van der Waals surface area contributed by atoms with Crippen molar-refractivity contribution in [2.45, 2.75) is 4.90 Å². The van der Waals surface area contributed by atoms with Crippen LogP contribution < -0.4 is 0 Å². The molecule has 0 aliphatic heterocycles. The summed E-state index contributed by atoms with van der Waals surface area (Å²) in [6.45, 7) is 0. The Morgan fingerprint density at radius 3 is 2.14 bits per heavy atom. The van der Waals surface area contributed by atoms with Gasteiger partial charge < -0.3 is 0 Å². The molecule has 0 N–H and O–H groups in total. The second-order valence-electron chi connectivity index (χ2n) is 2.37. The smallest absolute Gasteiger partial charge is 0.270 e. The fourth-order valence-corrected chi connectivity index (χ4v) is 1.49. The Kier molecular flexibility index (Phi) is 2.82. The minimum absolute atomic E-state index is 0.106. The van der Waals surface area contributed by atoms with Gasteiger partial charge in [-0.2, -0.15) is 8.42 Å². The normalized spacial score (nSPS) is 11.2. The molecule has 0 atom stereocenters. The standard InChI is InChI=1S/C7H7NO5S/c1-13-14(11,12)7-4-2-6(3-5-7)8(9)10/h2-5H,1H3/i1+2. The van der Waals surface area contributed by atoms with Crippen LogP contribution in [0.1, 0.15) is 0 Å². The Balaban J connectivity index is 3.12. The van der Waals surface area contributed by atoms with E-state index >= 15 is 0 Å². The van der Waals surface area contributed by atoms with Gasteiger partial charge in [-0.15, -0.1) is 0 Å². The Hall–Kier alpha value is -1.47. The van der Waals surface area contributed by atoms with E-state index in [0.717, 1.165) is 31.4 Å². The van der Waals surface area contributed by atoms with E-state index in [0.29, 0.717) is 0 Å². The molecule has 0 saturated carbocycles. The Bertz CT molecular complexity index is 436. The van der Waals surface area contributed by atoms with Crippen LogP contribution in [0.25, 0.3) is 0 Å². The first-order valence-electron chi connectivity index (χ1n) is 3.52. The zero-order chi connectivity index (χ0) is 10.8. The lowest BCUT2D eigenvalue weighted by molar-refractivity contribution is -0.384. The van der Waals surface area contributed by atoms with Crippen molar-refractivity contribution in [3.63, 3.8) is 0 Å². The lowest BCUT2D eigenvalue weighted by Crippen LogP contribution is -2.02. The third-order valence-corrected chi connectivity index (χ3v) is 2.84. The summed E-state index contributed by atoms with van der Waals surface area (Å²) >= 11 is 0. The van der Waals surface area contributed by atoms with E-state index in [1.165, 1.54) is 0 Å². The molecular weight excluding hydrogens is 212 g/mol. The summed E-state index contributed by atoms with van der Waals surface area (Å²) in [4.78, 5) is 9.54. The zero-order valence-electron chi connectivity index (χ0n) is 7.21. The first kappa shape index (κ1) is 10.6. The first-order chi connectivity index (χ1) is 6.47. The van der Waals surface area contributed by atoms with E-state index in [1.807, 2.05) is 0 Å². The Labute approximate surface area is 80.4 Å². The van der Waals surface area contributed by atoms with Crippen molar-refractivity contribution in [2.24, 2.45) is 0 Å². The van der Waals surface area contributed by atoms with Gasteiger partial charge in [0.2, 0.25) is 0 Å². The van der Waals surface area contributed by atoms with Crippen LogP contribution in [-0.2, 0) is 14.3 Å². The molecule has 6 nitrogen and oxygen atoms in total. The van der Waals surface area contributed by atoms with Crippen molar-refractivity contribution in [3.05, 3.63) is 34.4 Å². The van der Waals surface area contributed by atoms with Crippen LogP contribution in [0, 0.1) is 10.1 Å². The van der Waals surface area contributed by atoms with Crippen molar-refractivity contribution in [1.29, 1.82) is 0 Å². The molecule has 0 heterocycles. The predicted octanol–water partition coefficient (Wildman–Crippen LogP) is 0.930. The summed E-state index contributed by atoms with van der Waals surface area (Å²) in [5.74, 6) is 0. The van der Waals surface area contributed by atoms with Gasteiger partial charge in [-0.25, -0.2) is 0 Å². The van der Waals surface area contributed by atoms with Gasteiger partial charge in [0.05, 0.1) is 16.9 Å². The van der Waals surface area contributed by atoms with Crippen LogP contribution in [0.15, 0.2) is 29.2 Å². The summed E-state index contributed by atoms with van der Waals surface area (Å²) in [6.07, 6.45) is 0. The van der Waals surface area contributed by atoms with Crippen LogP contribution in [0.2, 0.25) is 0 Å². The highest BCUT2D eigenvalue weighted by Gasteiger charge is 2.14. The zero-order valence-corrected chi connectivity index (χ0v) is 8.02. The van der Waals surface area contributed by atoms with Crippen molar-refractivity contribution in [1.82, 2.24) is 0 Å². The number of hydrogen-bond acceptors (Lipinski definition) is 5. The van der Waals surface area contributed by atoms with Crippen molar-refractivity contribution >= 4 is 15.8 Å². The molecule has 1 rings (SSSR count). The molecular formula is C7H7NO5S. The van der Waals surface area contributed by atoms with E-state index in [4.69, 9.17) is 0 Å². The van der Waals surface area contributed by atoms with Crippen LogP contribution in [-0.4, -0.2) is 20.5 Å². The van der Waals surface area contributed by atoms with Gasteiger partial charge in [-0.1, -0.05) is 0 Å². The number of nitro groups is 1. The minimum Gasteiger partial charge on any atom is -0.270 e. The van der Waals surface area contributed by atoms with E-state index in [-0.39, 0.29) is 10.6 Å². The number of nitrogens with zero attached hydrogens (tertiary/aromatic N) is 1. The number of non-ortho nitro benzene ring substituents is 1. The second-order valence-corrected chi connectivity index (χ2v) is 4.08. The summed E-state index contributed by atoms with van der Waals surface area (Å²) < 4.78 is 26.4. The molecule has 0 aromatic heterocycles. The maximum atomic E-state index is 11.1. The molecule has 7 heteroatoms. The summed E-state index contributed by atoms with van der Waals surface area (Å²) in [7, 11) is -2.74. The van der Waals surface area contributed by atoms with Gasteiger partial charge in [0.15, 0.2) is 0 Å². The minimum atomic E-state index is -3.76. The van der Waals surface area contributed by atoms with E-state index < -0.39 is 15.0 Å². The van der Waals surface area contributed by atoms with Gasteiger partial charge in [0.25, 0.3) is 15.8 Å². The molecule has 1 aromatic carbocycles. The molecule has 0 aliphatic rings. The molecule has 14 heavy (non-hydrogen) atoms. The molecule has 0 saturated heterocycles. The Morgan fingerprint density at radius 1 is 1.29 bits per heavy atom. The fourth-order valence-electron chi connectivity index (χ4n) is 0.831. The molecule has 0 spiro atoms. The lowest BCUT2D eigenvalue weighted by Gasteiger charge is -1.99. The highest BCUT2D eigenvalue weighted by molar-refractivity contribution is 7.86. The van der Waals surface area contributed by atoms with Gasteiger partial charge >= 0.3 is 0 Å². The molecule has 0 bridgehead atoms. The SMILES string of the molecule is [14CH3]OS(=O)(=O)c1ccc([N+](=O)[O-])cc1. The van der Waals surface area contributed by atoms with E-state index in [1.54, 1.807) is 0 Å². The van der Waals surface area contributed by atoms with Crippen LogP contribution in [0.3, 0.4) is 0 Å². The van der Waals surface area contributed by atoms with Crippen LogP contribution in [0.5, 0.6) is 0 Å². The molecule has 0 amide bonds. The molecule has 0 aliphatic carbocycles. The molecule has 0 fully saturated rings. The Morgan fingerprint density at radius 2 is 1.79 bits per heavy atom. The van der Waals surface area contributed by atoms with Crippen LogP contribution in [0.4, 0.5) is 5.69 Å². The quantitative estimate of drug-likeness (QED) is 0.428. The van der Waals surface area contributed by atoms with Crippen LogP contribution >= 0.6 is 0 Å². The largest absolute Gasteiger partial charge is 0.296 e. The van der Waals surface area contributed by atoms with Gasteiger partial charge in [-0.3, -0.25) is 14.3 Å². The second kappa shape index (κ2) is 3.72. The third-order valence-electron chi connectivity index (χ3n) is 1.56. The summed E-state index contributed by atoms with van der Waals surface area (Å²) in [5.41, 5.74) is -0.167. The van der Waals surface area contributed by atoms with Gasteiger partial charge in [0.1, 0.15) is 0 Å². The number of hydrogen-bond donors (Lipinski definition) is 0. The number of nitro benzene ring substituents is 1. The topological polar surface area (TPSA) is 86.5 Å². The van der Waals surface area contributed by atoms with Gasteiger partial charge in [0, 0.05) is 12.1 Å². The molecule has 0 unspecified atom stereocenters. The third kappa shape index (κ3) is 2.06. The fraction of sp³-hybridized carbons (Fsp3) is 0.143. The number of rotatable bonds is 3. The predicted molar refractivity (Wildman–Crippen MR) is 47.3 cm³/mol.